The molecule has 1 saturated heterocycles. The van der Waals surface area contributed by atoms with Crippen molar-refractivity contribution in [2.24, 2.45) is 7.05 Å². The fourth-order valence-electron chi connectivity index (χ4n) is 5.32. The summed E-state index contributed by atoms with van der Waals surface area (Å²) in [7, 11) is 3.51. The lowest BCUT2D eigenvalue weighted by molar-refractivity contribution is -0.123. The van der Waals surface area contributed by atoms with Crippen molar-refractivity contribution in [3.05, 3.63) is 52.5 Å². The first-order valence-electron chi connectivity index (χ1n) is 11.9. The predicted octanol–water partition coefficient (Wildman–Crippen LogP) is 3.94. The summed E-state index contributed by atoms with van der Waals surface area (Å²) < 4.78 is 29.1. The van der Waals surface area contributed by atoms with Crippen LogP contribution in [-0.2, 0) is 29.6 Å². The first-order valence-corrected chi connectivity index (χ1v) is 14.2. The van der Waals surface area contributed by atoms with E-state index in [0.29, 0.717) is 29.5 Å². The highest BCUT2D eigenvalue weighted by Crippen LogP contribution is 2.49. The molecule has 1 fully saturated rings. The largest absolute Gasteiger partial charge is 0.616 e. The number of hydrogen-bond acceptors (Lipinski definition) is 7. The third-order valence-corrected chi connectivity index (χ3v) is 9.82. The lowest BCUT2D eigenvalue weighted by Gasteiger charge is -2.45. The number of benzene rings is 1. The Morgan fingerprint density at radius 2 is 2.11 bits per heavy atom. The molecule has 0 spiro atoms. The number of fused-ring (bicyclic) bond motifs is 3. The molecule has 1 aromatic carbocycles. The van der Waals surface area contributed by atoms with E-state index in [9.17, 15) is 9.35 Å². The van der Waals surface area contributed by atoms with Crippen LogP contribution in [0.5, 0.6) is 11.5 Å². The lowest BCUT2D eigenvalue weighted by Crippen LogP contribution is -2.56. The van der Waals surface area contributed by atoms with Gasteiger partial charge in [-0.05, 0) is 48.6 Å². The molecule has 0 aliphatic carbocycles. The molecule has 9 nitrogen and oxygen atoms in total. The van der Waals surface area contributed by atoms with Crippen molar-refractivity contribution >= 4 is 28.9 Å². The number of nitrogens with zero attached hydrogens (tertiary/aromatic N) is 5. The Kier molecular flexibility index (Phi) is 5.81. The van der Waals surface area contributed by atoms with Gasteiger partial charge in [-0.2, -0.15) is 21.5 Å². The number of carbonyl (C=O) groups is 1. The van der Waals surface area contributed by atoms with Crippen LogP contribution in [-0.4, -0.2) is 60.4 Å². The zero-order chi connectivity index (χ0) is 25.9. The van der Waals surface area contributed by atoms with Crippen LogP contribution in [0, 0.1) is 0 Å². The summed E-state index contributed by atoms with van der Waals surface area (Å²) >= 11 is 0.377. The standard InChI is InChI=1S/C26H27N5O4S2/c1-26(2)25(37(33)10-8-30(26)15-32)23-19-13-35-22-12-21(34-4)17(20-5-7-29(3)27-20)11-18(22)24(19)31(28-23)16-6-9-36-14-16/h5-7,9,11-12,14-15,25H,8,10,13H2,1-4H3. The Hall–Kier alpha value is -3.28. The quantitative estimate of drug-likeness (QED) is 0.283. The molecule has 4 aromatic rings. The molecule has 192 valence electrons. The SMILES string of the molecule is COc1cc2c(cc1-c1ccn(C)n1)-c1c(c(C3[S+]([O-])CCN(C=O)C3(C)C)nn1-c1ccsc1)CO2. The second-order valence-corrected chi connectivity index (χ2v) is 12.2. The van der Waals surface area contributed by atoms with Gasteiger partial charge in [-0.3, -0.25) is 9.48 Å². The topological polar surface area (TPSA) is 97.5 Å². The van der Waals surface area contributed by atoms with Crippen LogP contribution in [0.4, 0.5) is 0 Å². The van der Waals surface area contributed by atoms with Crippen molar-refractivity contribution in [1.29, 1.82) is 0 Å². The molecule has 6 rings (SSSR count). The number of carbonyl (C=O) groups excluding carboxylic acids is 1. The predicted molar refractivity (Wildman–Crippen MR) is 143 cm³/mol. The van der Waals surface area contributed by atoms with Crippen molar-refractivity contribution in [3.8, 4) is 39.7 Å². The molecule has 2 atom stereocenters. The highest BCUT2D eigenvalue weighted by molar-refractivity contribution is 7.91. The minimum Gasteiger partial charge on any atom is -0.616 e. The second kappa shape index (κ2) is 8.93. The molecule has 1 amide bonds. The minimum absolute atomic E-state index is 0.277. The molecule has 3 aromatic heterocycles. The minimum atomic E-state index is -1.21. The zero-order valence-corrected chi connectivity index (χ0v) is 22.6. The van der Waals surface area contributed by atoms with Gasteiger partial charge in [-0.1, -0.05) is 0 Å². The highest BCUT2D eigenvalue weighted by Gasteiger charge is 2.51. The van der Waals surface area contributed by atoms with Crippen LogP contribution >= 0.6 is 11.3 Å². The van der Waals surface area contributed by atoms with E-state index in [1.807, 2.05) is 66.8 Å². The zero-order valence-electron chi connectivity index (χ0n) is 21.0. The van der Waals surface area contributed by atoms with Crippen molar-refractivity contribution in [2.45, 2.75) is 31.2 Å². The Labute approximate surface area is 221 Å². The molecule has 37 heavy (non-hydrogen) atoms. The molecule has 5 heterocycles. The van der Waals surface area contributed by atoms with Crippen molar-refractivity contribution in [2.75, 3.05) is 19.4 Å². The van der Waals surface area contributed by atoms with Crippen LogP contribution < -0.4 is 9.47 Å². The van der Waals surface area contributed by atoms with E-state index in [2.05, 4.69) is 5.10 Å². The van der Waals surface area contributed by atoms with Gasteiger partial charge in [0.25, 0.3) is 0 Å². The second-order valence-electron chi connectivity index (χ2n) is 9.74. The summed E-state index contributed by atoms with van der Waals surface area (Å²) in [6, 6.07) is 7.88. The number of thiophene rings is 1. The molecule has 11 heteroatoms. The summed E-state index contributed by atoms with van der Waals surface area (Å²) in [5.41, 5.74) is 5.21. The molecule has 0 bridgehead atoms. The van der Waals surface area contributed by atoms with Crippen molar-refractivity contribution < 1.29 is 18.8 Å². The molecular weight excluding hydrogens is 510 g/mol. The van der Waals surface area contributed by atoms with Crippen LogP contribution in [0.1, 0.15) is 30.4 Å². The van der Waals surface area contributed by atoms with Crippen LogP contribution in [0.25, 0.3) is 28.2 Å². The van der Waals surface area contributed by atoms with E-state index in [1.165, 1.54) is 0 Å². The summed E-state index contributed by atoms with van der Waals surface area (Å²) in [6.45, 7) is 4.65. The fourth-order valence-corrected chi connectivity index (χ4v) is 7.76. The van der Waals surface area contributed by atoms with Gasteiger partial charge in [0.2, 0.25) is 6.41 Å². The number of aryl methyl sites for hydroxylation is 1. The summed E-state index contributed by atoms with van der Waals surface area (Å²) in [5, 5.41) is 13.3. The van der Waals surface area contributed by atoms with E-state index in [1.54, 1.807) is 28.0 Å². The fraction of sp³-hybridized carbons (Fsp3) is 0.346. The maximum atomic E-state index is 13.5. The van der Waals surface area contributed by atoms with Crippen molar-refractivity contribution in [3.63, 3.8) is 0 Å². The summed E-state index contributed by atoms with van der Waals surface area (Å²) in [5.74, 6) is 1.76. The Bertz CT molecular complexity index is 1480. The van der Waals surface area contributed by atoms with Crippen LogP contribution in [0.2, 0.25) is 0 Å². The molecule has 2 unspecified atom stereocenters. The van der Waals surface area contributed by atoms with E-state index in [4.69, 9.17) is 14.6 Å². The number of hydrogen-bond donors (Lipinski definition) is 0. The monoisotopic (exact) mass is 537 g/mol. The van der Waals surface area contributed by atoms with E-state index < -0.39 is 22.0 Å². The van der Waals surface area contributed by atoms with Gasteiger partial charge in [0.15, 0.2) is 5.25 Å². The van der Waals surface area contributed by atoms with Gasteiger partial charge in [0, 0.05) is 41.4 Å². The smallest absolute Gasteiger partial charge is 0.210 e. The van der Waals surface area contributed by atoms with Gasteiger partial charge in [0.1, 0.15) is 29.6 Å². The molecule has 0 radical (unpaired) electrons. The third-order valence-electron chi connectivity index (χ3n) is 7.24. The van der Waals surface area contributed by atoms with Crippen molar-refractivity contribution in [1.82, 2.24) is 24.5 Å². The van der Waals surface area contributed by atoms with E-state index >= 15 is 0 Å². The van der Waals surface area contributed by atoms with Gasteiger partial charge in [-0.15, -0.1) is 0 Å². The average molecular weight is 538 g/mol. The summed E-state index contributed by atoms with van der Waals surface area (Å²) in [6.07, 6.45) is 2.74. The third kappa shape index (κ3) is 3.75. The van der Waals surface area contributed by atoms with Crippen LogP contribution in [0.3, 0.4) is 0 Å². The van der Waals surface area contributed by atoms with Gasteiger partial charge >= 0.3 is 0 Å². The lowest BCUT2D eigenvalue weighted by atomic mass is 9.91. The van der Waals surface area contributed by atoms with Gasteiger partial charge < -0.3 is 18.9 Å². The van der Waals surface area contributed by atoms with Crippen LogP contribution in [0.15, 0.2) is 41.2 Å². The first-order chi connectivity index (χ1) is 17.8. The Morgan fingerprint density at radius 1 is 1.27 bits per heavy atom. The first kappa shape index (κ1) is 24.1. The Balaban J connectivity index is 1.60. The summed E-state index contributed by atoms with van der Waals surface area (Å²) in [4.78, 5) is 13.6. The average Bonchev–Trinajstić information content (AvgIpc) is 3.63. The number of methoxy groups -OCH3 is 1. The Morgan fingerprint density at radius 3 is 2.78 bits per heavy atom. The maximum absolute atomic E-state index is 13.5. The number of rotatable bonds is 5. The number of amides is 1. The van der Waals surface area contributed by atoms with Gasteiger partial charge in [-0.25, -0.2) is 4.68 Å². The molecule has 0 saturated carbocycles. The maximum Gasteiger partial charge on any atom is 0.210 e. The molecule has 2 aliphatic rings. The normalized spacial score (nSPS) is 20.2. The molecule has 2 aliphatic heterocycles. The number of aromatic nitrogens is 4. The van der Waals surface area contributed by atoms with E-state index in [0.717, 1.165) is 40.2 Å². The number of ether oxygens (including phenoxy) is 2. The van der Waals surface area contributed by atoms with Gasteiger partial charge in [0.05, 0.1) is 36.3 Å². The highest BCUT2D eigenvalue weighted by atomic mass is 32.2. The molecular formula is C26H27N5O4S2. The van der Waals surface area contributed by atoms with E-state index in [-0.39, 0.29) is 6.61 Å². The molecule has 0 N–H and O–H groups in total.